The standard InChI is InChI=1S/C15H18N2O3S2/c1-10(2)7-16-13(18)8-20-14(19)9-21-15-17-11-5-3-4-6-12(11)22-15/h3-6,10H,7-9H2,1-2H3,(H,16,18). The third-order valence-corrected chi connectivity index (χ3v) is 4.81. The Balaban J connectivity index is 1.72. The van der Waals surface area contributed by atoms with Crippen LogP contribution in [0, 0.1) is 5.92 Å². The first-order chi connectivity index (χ1) is 10.5. The number of carbonyl (C=O) groups is 2. The predicted octanol–water partition coefficient (Wildman–Crippen LogP) is 2.70. The zero-order chi connectivity index (χ0) is 15.9. The number of aromatic nitrogens is 1. The fourth-order valence-corrected chi connectivity index (χ4v) is 3.46. The second kappa shape index (κ2) is 8.14. The van der Waals surface area contributed by atoms with Gasteiger partial charge in [-0.05, 0) is 18.1 Å². The molecule has 22 heavy (non-hydrogen) atoms. The molecule has 1 N–H and O–H groups in total. The Morgan fingerprint density at radius 2 is 2.14 bits per heavy atom. The summed E-state index contributed by atoms with van der Waals surface area (Å²) in [5.41, 5.74) is 0.927. The van der Waals surface area contributed by atoms with E-state index in [1.807, 2.05) is 38.1 Å². The number of nitrogens with zero attached hydrogens (tertiary/aromatic N) is 1. The molecule has 1 aromatic heterocycles. The average molecular weight is 338 g/mol. The van der Waals surface area contributed by atoms with Crippen LogP contribution in [0.15, 0.2) is 28.6 Å². The Bertz CT molecular complexity index is 622. The number of nitrogens with one attached hydrogen (secondary N) is 1. The molecule has 0 fully saturated rings. The largest absolute Gasteiger partial charge is 0.455 e. The normalized spacial score (nSPS) is 10.9. The summed E-state index contributed by atoms with van der Waals surface area (Å²) in [7, 11) is 0. The lowest BCUT2D eigenvalue weighted by atomic mass is 10.2. The first kappa shape index (κ1) is 16.8. The van der Waals surface area contributed by atoms with Crippen molar-refractivity contribution in [2.45, 2.75) is 18.2 Å². The van der Waals surface area contributed by atoms with Gasteiger partial charge < -0.3 is 10.1 Å². The summed E-state index contributed by atoms with van der Waals surface area (Å²) in [6, 6.07) is 7.82. The third-order valence-electron chi connectivity index (χ3n) is 2.66. The van der Waals surface area contributed by atoms with E-state index in [-0.39, 0.29) is 18.3 Å². The summed E-state index contributed by atoms with van der Waals surface area (Å²) in [5, 5.41) is 2.70. The molecule has 0 bridgehead atoms. The highest BCUT2D eigenvalue weighted by atomic mass is 32.2. The summed E-state index contributed by atoms with van der Waals surface area (Å²) < 4.78 is 6.85. The molecule has 0 aliphatic rings. The molecule has 0 radical (unpaired) electrons. The Morgan fingerprint density at radius 1 is 1.36 bits per heavy atom. The molecule has 1 heterocycles. The molecule has 1 amide bonds. The predicted molar refractivity (Wildman–Crippen MR) is 89.2 cm³/mol. The Labute approximate surface area is 137 Å². The van der Waals surface area contributed by atoms with E-state index in [0.29, 0.717) is 12.5 Å². The van der Waals surface area contributed by atoms with E-state index in [0.717, 1.165) is 14.6 Å². The number of fused-ring (bicyclic) bond motifs is 1. The summed E-state index contributed by atoms with van der Waals surface area (Å²) in [6.45, 7) is 4.35. The van der Waals surface area contributed by atoms with Crippen molar-refractivity contribution >= 4 is 45.2 Å². The first-order valence-electron chi connectivity index (χ1n) is 6.95. The molecule has 2 aromatic rings. The van der Waals surface area contributed by atoms with Crippen molar-refractivity contribution in [1.82, 2.24) is 10.3 Å². The van der Waals surface area contributed by atoms with E-state index in [9.17, 15) is 9.59 Å². The minimum atomic E-state index is -0.413. The number of hydrogen-bond donors (Lipinski definition) is 1. The van der Waals surface area contributed by atoms with Crippen molar-refractivity contribution in [3.63, 3.8) is 0 Å². The lowest BCUT2D eigenvalue weighted by molar-refractivity contribution is -0.145. The molecule has 0 saturated heterocycles. The molecule has 0 saturated carbocycles. The number of rotatable bonds is 7. The molecule has 0 spiro atoms. The van der Waals surface area contributed by atoms with Gasteiger partial charge in [-0.3, -0.25) is 9.59 Å². The van der Waals surface area contributed by atoms with Crippen LogP contribution in [0.3, 0.4) is 0 Å². The smallest absolute Gasteiger partial charge is 0.316 e. The van der Waals surface area contributed by atoms with Crippen LogP contribution >= 0.6 is 23.1 Å². The first-order valence-corrected chi connectivity index (χ1v) is 8.75. The zero-order valence-corrected chi connectivity index (χ0v) is 14.1. The number of thiazole rings is 1. The number of para-hydroxylation sites is 1. The highest BCUT2D eigenvalue weighted by Gasteiger charge is 2.10. The van der Waals surface area contributed by atoms with E-state index in [4.69, 9.17) is 4.74 Å². The molecule has 0 aliphatic carbocycles. The maximum atomic E-state index is 11.6. The van der Waals surface area contributed by atoms with Crippen LogP contribution in [0.5, 0.6) is 0 Å². The molecule has 2 rings (SSSR count). The van der Waals surface area contributed by atoms with Gasteiger partial charge in [-0.2, -0.15) is 0 Å². The lowest BCUT2D eigenvalue weighted by Crippen LogP contribution is -2.31. The van der Waals surface area contributed by atoms with Gasteiger partial charge in [-0.1, -0.05) is 37.7 Å². The quantitative estimate of drug-likeness (QED) is 0.621. The Morgan fingerprint density at radius 3 is 2.86 bits per heavy atom. The van der Waals surface area contributed by atoms with Crippen LogP contribution in [0.4, 0.5) is 0 Å². The van der Waals surface area contributed by atoms with Crippen molar-refractivity contribution in [3.8, 4) is 0 Å². The monoisotopic (exact) mass is 338 g/mol. The average Bonchev–Trinajstić information content (AvgIpc) is 2.91. The van der Waals surface area contributed by atoms with Gasteiger partial charge in [-0.15, -0.1) is 11.3 Å². The molecule has 0 unspecified atom stereocenters. The zero-order valence-electron chi connectivity index (χ0n) is 12.5. The van der Waals surface area contributed by atoms with Gasteiger partial charge in [0.25, 0.3) is 5.91 Å². The fourth-order valence-electron chi connectivity index (χ4n) is 1.59. The van der Waals surface area contributed by atoms with Crippen molar-refractivity contribution < 1.29 is 14.3 Å². The minimum Gasteiger partial charge on any atom is -0.455 e. The van der Waals surface area contributed by atoms with E-state index in [1.165, 1.54) is 23.1 Å². The van der Waals surface area contributed by atoms with Crippen LogP contribution in [0.2, 0.25) is 0 Å². The van der Waals surface area contributed by atoms with Gasteiger partial charge >= 0.3 is 5.97 Å². The number of thioether (sulfide) groups is 1. The molecule has 5 nitrogen and oxygen atoms in total. The Kier molecular flexibility index (Phi) is 6.21. The van der Waals surface area contributed by atoms with Gasteiger partial charge in [0.15, 0.2) is 10.9 Å². The van der Waals surface area contributed by atoms with Gasteiger partial charge in [0.1, 0.15) is 0 Å². The van der Waals surface area contributed by atoms with Crippen LogP contribution in [0.25, 0.3) is 10.2 Å². The van der Waals surface area contributed by atoms with Crippen LogP contribution in [-0.2, 0) is 14.3 Å². The molecule has 7 heteroatoms. The van der Waals surface area contributed by atoms with Gasteiger partial charge in [0.05, 0.1) is 16.0 Å². The molecule has 0 atom stereocenters. The van der Waals surface area contributed by atoms with Gasteiger partial charge in [0, 0.05) is 6.54 Å². The van der Waals surface area contributed by atoms with E-state index >= 15 is 0 Å². The molecule has 1 aromatic carbocycles. The van der Waals surface area contributed by atoms with Crippen molar-refractivity contribution in [3.05, 3.63) is 24.3 Å². The highest BCUT2D eigenvalue weighted by molar-refractivity contribution is 8.01. The summed E-state index contributed by atoms with van der Waals surface area (Å²) in [4.78, 5) is 27.5. The number of esters is 1. The molecular formula is C15H18N2O3S2. The van der Waals surface area contributed by atoms with E-state index in [2.05, 4.69) is 10.3 Å². The van der Waals surface area contributed by atoms with Crippen molar-refractivity contribution in [1.29, 1.82) is 0 Å². The van der Waals surface area contributed by atoms with Gasteiger partial charge in [-0.25, -0.2) is 4.98 Å². The maximum Gasteiger partial charge on any atom is 0.316 e. The van der Waals surface area contributed by atoms with Crippen LogP contribution in [0.1, 0.15) is 13.8 Å². The van der Waals surface area contributed by atoms with Crippen LogP contribution < -0.4 is 5.32 Å². The summed E-state index contributed by atoms with van der Waals surface area (Å²) >= 11 is 2.87. The second-order valence-electron chi connectivity index (χ2n) is 5.09. The second-order valence-corrected chi connectivity index (χ2v) is 7.35. The Hall–Kier alpha value is -1.60. The third kappa shape index (κ3) is 5.31. The topological polar surface area (TPSA) is 68.3 Å². The number of carbonyl (C=O) groups excluding carboxylic acids is 2. The maximum absolute atomic E-state index is 11.6. The number of benzene rings is 1. The minimum absolute atomic E-state index is 0.150. The molecule has 118 valence electrons. The van der Waals surface area contributed by atoms with Crippen molar-refractivity contribution in [2.24, 2.45) is 5.92 Å². The summed E-state index contributed by atoms with van der Waals surface area (Å²) in [6.07, 6.45) is 0. The number of amides is 1. The lowest BCUT2D eigenvalue weighted by Gasteiger charge is -2.07. The fraction of sp³-hybridized carbons (Fsp3) is 0.400. The van der Waals surface area contributed by atoms with E-state index < -0.39 is 5.97 Å². The number of ether oxygens (including phenoxy) is 1. The van der Waals surface area contributed by atoms with Gasteiger partial charge in [0.2, 0.25) is 0 Å². The highest BCUT2D eigenvalue weighted by Crippen LogP contribution is 2.29. The van der Waals surface area contributed by atoms with E-state index in [1.54, 1.807) is 0 Å². The molecular weight excluding hydrogens is 320 g/mol. The summed E-state index contributed by atoms with van der Waals surface area (Å²) in [5.74, 6) is -0.165. The SMILES string of the molecule is CC(C)CNC(=O)COC(=O)CSc1nc2ccccc2s1. The number of hydrogen-bond acceptors (Lipinski definition) is 6. The van der Waals surface area contributed by atoms with Crippen molar-refractivity contribution in [2.75, 3.05) is 18.9 Å². The molecule has 0 aliphatic heterocycles. The van der Waals surface area contributed by atoms with Crippen LogP contribution in [-0.4, -0.2) is 35.8 Å².